The van der Waals surface area contributed by atoms with Crippen molar-refractivity contribution in [3.05, 3.63) is 46.8 Å². The van der Waals surface area contributed by atoms with Crippen molar-refractivity contribution in [2.75, 3.05) is 7.11 Å². The molecule has 0 atom stereocenters. The molecule has 0 aliphatic carbocycles. The summed E-state index contributed by atoms with van der Waals surface area (Å²) in [6.45, 7) is 0. The smallest absolute Gasteiger partial charge is 0.287 e. The van der Waals surface area contributed by atoms with E-state index >= 15 is 0 Å². The third-order valence-electron chi connectivity index (χ3n) is 2.16. The Morgan fingerprint density at radius 1 is 1.38 bits per heavy atom. The number of H-pyrrole nitrogens is 1. The number of hydrogen-bond acceptors (Lipinski definition) is 3. The Morgan fingerprint density at radius 3 is 2.88 bits per heavy atom. The summed E-state index contributed by atoms with van der Waals surface area (Å²) >= 11 is 0. The van der Waals surface area contributed by atoms with E-state index in [0.717, 1.165) is 6.33 Å². The quantitative estimate of drug-likeness (QED) is 0.836. The lowest BCUT2D eigenvalue weighted by Crippen LogP contribution is -2.12. The fraction of sp³-hybridized carbons (Fsp3) is 0.0909. The lowest BCUT2D eigenvalue weighted by atomic mass is 10.1. The number of methoxy groups -OCH3 is 1. The van der Waals surface area contributed by atoms with Crippen molar-refractivity contribution in [3.63, 3.8) is 0 Å². The lowest BCUT2D eigenvalue weighted by molar-refractivity contribution is 0.416. The first kappa shape index (κ1) is 10.4. The SMILES string of the molecule is COc1ccccc1-c1nc[nH]c(=O)c1F. The first-order valence-electron chi connectivity index (χ1n) is 4.60. The van der Waals surface area contributed by atoms with E-state index in [1.54, 1.807) is 24.3 Å². The van der Waals surface area contributed by atoms with Crippen LogP contribution in [-0.2, 0) is 0 Å². The van der Waals surface area contributed by atoms with Gasteiger partial charge in [-0.1, -0.05) is 12.1 Å². The number of nitrogens with zero attached hydrogens (tertiary/aromatic N) is 1. The molecule has 82 valence electrons. The van der Waals surface area contributed by atoms with Gasteiger partial charge in [0.05, 0.1) is 13.4 Å². The zero-order valence-electron chi connectivity index (χ0n) is 8.53. The summed E-state index contributed by atoms with van der Waals surface area (Å²) < 4.78 is 18.6. The molecule has 0 unspecified atom stereocenters. The van der Waals surface area contributed by atoms with Crippen molar-refractivity contribution in [2.45, 2.75) is 0 Å². The number of para-hydroxylation sites is 1. The van der Waals surface area contributed by atoms with Crippen molar-refractivity contribution in [3.8, 4) is 17.0 Å². The number of ether oxygens (including phenoxy) is 1. The summed E-state index contributed by atoms with van der Waals surface area (Å²) in [5.41, 5.74) is -0.356. The van der Waals surface area contributed by atoms with Gasteiger partial charge in [-0.05, 0) is 12.1 Å². The summed E-state index contributed by atoms with van der Waals surface area (Å²) in [4.78, 5) is 17.1. The predicted octanol–water partition coefficient (Wildman–Crippen LogP) is 1.58. The lowest BCUT2D eigenvalue weighted by Gasteiger charge is -2.07. The van der Waals surface area contributed by atoms with Gasteiger partial charge in [0, 0.05) is 5.56 Å². The molecule has 1 aromatic carbocycles. The monoisotopic (exact) mass is 220 g/mol. The number of aromatic amines is 1. The third-order valence-corrected chi connectivity index (χ3v) is 2.16. The minimum atomic E-state index is -0.910. The van der Waals surface area contributed by atoms with E-state index < -0.39 is 11.4 Å². The molecule has 4 nitrogen and oxygen atoms in total. The van der Waals surface area contributed by atoms with Crippen LogP contribution < -0.4 is 10.3 Å². The molecule has 1 heterocycles. The van der Waals surface area contributed by atoms with Crippen molar-refractivity contribution >= 4 is 0 Å². The van der Waals surface area contributed by atoms with Gasteiger partial charge < -0.3 is 9.72 Å². The van der Waals surface area contributed by atoms with Crippen LogP contribution in [0.2, 0.25) is 0 Å². The fourth-order valence-corrected chi connectivity index (χ4v) is 1.41. The van der Waals surface area contributed by atoms with E-state index in [1.807, 2.05) is 0 Å². The highest BCUT2D eigenvalue weighted by molar-refractivity contribution is 5.67. The van der Waals surface area contributed by atoms with Crippen molar-refractivity contribution in [1.82, 2.24) is 9.97 Å². The van der Waals surface area contributed by atoms with Crippen LogP contribution in [0.1, 0.15) is 0 Å². The van der Waals surface area contributed by atoms with Crippen molar-refractivity contribution < 1.29 is 9.13 Å². The molecule has 0 bridgehead atoms. The summed E-state index contributed by atoms with van der Waals surface area (Å²) in [5.74, 6) is -0.438. The Bertz CT molecular complexity index is 566. The Hall–Kier alpha value is -2.17. The van der Waals surface area contributed by atoms with Crippen LogP contribution >= 0.6 is 0 Å². The number of aromatic nitrogens is 2. The van der Waals surface area contributed by atoms with Gasteiger partial charge in [-0.2, -0.15) is 4.39 Å². The van der Waals surface area contributed by atoms with Crippen LogP contribution in [-0.4, -0.2) is 17.1 Å². The number of rotatable bonds is 2. The molecule has 0 spiro atoms. The van der Waals surface area contributed by atoms with Crippen LogP contribution in [0.25, 0.3) is 11.3 Å². The third kappa shape index (κ3) is 1.67. The molecular formula is C11H9FN2O2. The van der Waals surface area contributed by atoms with E-state index in [2.05, 4.69) is 9.97 Å². The molecule has 0 aliphatic heterocycles. The van der Waals surface area contributed by atoms with Gasteiger partial charge >= 0.3 is 0 Å². The molecule has 0 saturated carbocycles. The molecule has 0 saturated heterocycles. The van der Waals surface area contributed by atoms with Crippen LogP contribution in [0.15, 0.2) is 35.4 Å². The number of benzene rings is 1. The molecule has 0 fully saturated rings. The van der Waals surface area contributed by atoms with Crippen LogP contribution in [0.3, 0.4) is 0 Å². The largest absolute Gasteiger partial charge is 0.496 e. The first-order valence-corrected chi connectivity index (χ1v) is 4.60. The molecule has 0 amide bonds. The van der Waals surface area contributed by atoms with Gasteiger partial charge in [0.15, 0.2) is 0 Å². The molecular weight excluding hydrogens is 211 g/mol. The van der Waals surface area contributed by atoms with Crippen LogP contribution in [0.4, 0.5) is 4.39 Å². The highest BCUT2D eigenvalue weighted by Gasteiger charge is 2.13. The summed E-state index contributed by atoms with van der Waals surface area (Å²) in [5, 5.41) is 0. The van der Waals surface area contributed by atoms with E-state index in [0.29, 0.717) is 11.3 Å². The average molecular weight is 220 g/mol. The second-order valence-electron chi connectivity index (χ2n) is 3.09. The van der Waals surface area contributed by atoms with E-state index in [9.17, 15) is 9.18 Å². The van der Waals surface area contributed by atoms with Crippen LogP contribution in [0, 0.1) is 5.82 Å². The molecule has 5 heteroatoms. The zero-order chi connectivity index (χ0) is 11.5. The normalized spacial score (nSPS) is 10.1. The topological polar surface area (TPSA) is 55.0 Å². The van der Waals surface area contributed by atoms with Gasteiger partial charge in [-0.3, -0.25) is 4.79 Å². The number of halogens is 1. The van der Waals surface area contributed by atoms with Crippen LogP contribution in [0.5, 0.6) is 5.75 Å². The summed E-state index contributed by atoms with van der Waals surface area (Å²) in [7, 11) is 1.48. The minimum Gasteiger partial charge on any atom is -0.496 e. The average Bonchev–Trinajstić information content (AvgIpc) is 2.33. The standard InChI is InChI=1S/C11H9FN2O2/c1-16-8-5-3-2-4-7(8)10-9(12)11(15)14-6-13-10/h2-6H,1H3,(H,13,14,15). The Balaban J connectivity index is 2.68. The summed E-state index contributed by atoms with van der Waals surface area (Å²) in [6.07, 6.45) is 1.16. The van der Waals surface area contributed by atoms with Crippen molar-refractivity contribution in [2.24, 2.45) is 0 Å². The van der Waals surface area contributed by atoms with Gasteiger partial charge in [0.1, 0.15) is 11.4 Å². The minimum absolute atomic E-state index is 0.0128. The van der Waals surface area contributed by atoms with E-state index in [4.69, 9.17) is 4.74 Å². The maximum absolute atomic E-state index is 13.5. The highest BCUT2D eigenvalue weighted by atomic mass is 19.1. The first-order chi connectivity index (χ1) is 7.74. The van der Waals surface area contributed by atoms with Gasteiger partial charge in [-0.25, -0.2) is 4.98 Å². The van der Waals surface area contributed by atoms with E-state index in [1.165, 1.54) is 7.11 Å². The van der Waals surface area contributed by atoms with Gasteiger partial charge in [0.2, 0.25) is 5.82 Å². The molecule has 16 heavy (non-hydrogen) atoms. The van der Waals surface area contributed by atoms with E-state index in [-0.39, 0.29) is 5.69 Å². The maximum atomic E-state index is 13.5. The molecule has 2 aromatic rings. The zero-order valence-corrected chi connectivity index (χ0v) is 8.53. The summed E-state index contributed by atoms with van der Waals surface area (Å²) in [6, 6.07) is 6.80. The second kappa shape index (κ2) is 4.14. The predicted molar refractivity (Wildman–Crippen MR) is 56.8 cm³/mol. The molecule has 0 aliphatic rings. The van der Waals surface area contributed by atoms with Gasteiger partial charge in [-0.15, -0.1) is 0 Å². The number of hydrogen-bond donors (Lipinski definition) is 1. The molecule has 2 rings (SSSR count). The fourth-order valence-electron chi connectivity index (χ4n) is 1.41. The maximum Gasteiger partial charge on any atom is 0.287 e. The number of nitrogens with one attached hydrogen (secondary N) is 1. The molecule has 1 N–H and O–H groups in total. The van der Waals surface area contributed by atoms with Crippen molar-refractivity contribution in [1.29, 1.82) is 0 Å². The Labute approximate surface area is 90.7 Å². The molecule has 1 aromatic heterocycles. The second-order valence-corrected chi connectivity index (χ2v) is 3.09. The molecule has 0 radical (unpaired) electrons. The Morgan fingerprint density at radius 2 is 2.12 bits per heavy atom. The Kier molecular flexibility index (Phi) is 2.68. The van der Waals surface area contributed by atoms with Gasteiger partial charge in [0.25, 0.3) is 5.56 Å². The highest BCUT2D eigenvalue weighted by Crippen LogP contribution is 2.28.